The van der Waals surface area contributed by atoms with Crippen LogP contribution in [0.3, 0.4) is 0 Å². The van der Waals surface area contributed by atoms with E-state index in [9.17, 15) is 4.79 Å². The SMILES string of the molecule is CC1(C)OB(c2cccc3oc4ccccc4c23)OC1(C)CCOC(=O)c1cc(Cl)ccc1Br. The van der Waals surface area contributed by atoms with Crippen LogP contribution in [0.1, 0.15) is 37.6 Å². The molecule has 2 heterocycles. The molecule has 0 amide bonds. The highest BCUT2D eigenvalue weighted by molar-refractivity contribution is 9.10. The Morgan fingerprint density at radius 1 is 1.03 bits per heavy atom. The maximum Gasteiger partial charge on any atom is 0.495 e. The number of para-hydroxylation sites is 1. The first-order valence-corrected chi connectivity index (χ1v) is 12.2. The highest BCUT2D eigenvalue weighted by Gasteiger charge is 2.54. The number of ether oxygens (including phenoxy) is 1. The number of hydrogen-bond acceptors (Lipinski definition) is 5. The molecule has 1 aliphatic rings. The summed E-state index contributed by atoms with van der Waals surface area (Å²) in [6.45, 7) is 6.16. The van der Waals surface area contributed by atoms with E-state index in [2.05, 4.69) is 15.9 Å². The lowest BCUT2D eigenvalue weighted by atomic mass is 9.76. The van der Waals surface area contributed by atoms with E-state index < -0.39 is 24.3 Å². The van der Waals surface area contributed by atoms with Gasteiger partial charge in [-0.3, -0.25) is 0 Å². The molecule has 1 aliphatic heterocycles. The molecule has 174 valence electrons. The first-order valence-electron chi connectivity index (χ1n) is 11.1. The van der Waals surface area contributed by atoms with Gasteiger partial charge in [-0.1, -0.05) is 41.9 Å². The van der Waals surface area contributed by atoms with E-state index in [4.69, 9.17) is 30.1 Å². The lowest BCUT2D eigenvalue weighted by Crippen LogP contribution is -2.45. The highest BCUT2D eigenvalue weighted by atomic mass is 79.9. The summed E-state index contributed by atoms with van der Waals surface area (Å²) in [5.74, 6) is -0.444. The van der Waals surface area contributed by atoms with Crippen molar-refractivity contribution in [1.82, 2.24) is 0 Å². The Labute approximate surface area is 211 Å². The average Bonchev–Trinajstić information content (AvgIpc) is 3.29. The molecule has 5 nitrogen and oxygen atoms in total. The molecule has 1 aromatic heterocycles. The smallest absolute Gasteiger partial charge is 0.462 e. The molecule has 0 radical (unpaired) electrons. The van der Waals surface area contributed by atoms with Gasteiger partial charge in [-0.2, -0.15) is 0 Å². The molecule has 1 fully saturated rings. The third kappa shape index (κ3) is 4.05. The van der Waals surface area contributed by atoms with Crippen molar-refractivity contribution in [2.75, 3.05) is 6.61 Å². The first-order chi connectivity index (χ1) is 16.2. The van der Waals surface area contributed by atoms with E-state index >= 15 is 0 Å². The number of carbonyl (C=O) groups excluding carboxylic acids is 1. The van der Waals surface area contributed by atoms with Crippen molar-refractivity contribution in [3.8, 4) is 0 Å². The molecule has 0 spiro atoms. The van der Waals surface area contributed by atoms with Gasteiger partial charge in [0.2, 0.25) is 0 Å². The Bertz CT molecular complexity index is 1400. The molecule has 3 aromatic carbocycles. The number of benzene rings is 3. The predicted octanol–water partition coefficient (Wildman–Crippen LogP) is 6.53. The molecule has 1 saturated heterocycles. The van der Waals surface area contributed by atoms with E-state index in [1.54, 1.807) is 18.2 Å². The molecule has 34 heavy (non-hydrogen) atoms. The first kappa shape index (κ1) is 23.4. The van der Waals surface area contributed by atoms with E-state index in [1.807, 2.05) is 63.2 Å². The molecule has 0 saturated carbocycles. The third-order valence-electron chi connectivity index (χ3n) is 6.69. The Balaban J connectivity index is 1.36. The van der Waals surface area contributed by atoms with E-state index in [0.717, 1.165) is 27.4 Å². The Morgan fingerprint density at radius 2 is 1.79 bits per heavy atom. The predicted molar refractivity (Wildman–Crippen MR) is 138 cm³/mol. The minimum absolute atomic E-state index is 0.173. The van der Waals surface area contributed by atoms with Crippen LogP contribution >= 0.6 is 27.5 Å². The van der Waals surface area contributed by atoms with Gasteiger partial charge in [0.15, 0.2) is 0 Å². The fourth-order valence-corrected chi connectivity index (χ4v) is 4.93. The summed E-state index contributed by atoms with van der Waals surface area (Å²) in [6, 6.07) is 18.9. The summed E-state index contributed by atoms with van der Waals surface area (Å²) in [6.07, 6.45) is 0.461. The quantitative estimate of drug-likeness (QED) is 0.212. The van der Waals surface area contributed by atoms with Gasteiger partial charge >= 0.3 is 13.1 Å². The Kier molecular flexibility index (Phi) is 6.01. The van der Waals surface area contributed by atoms with Gasteiger partial charge < -0.3 is 18.5 Å². The number of hydrogen-bond donors (Lipinski definition) is 0. The molecule has 8 heteroatoms. The maximum atomic E-state index is 12.6. The van der Waals surface area contributed by atoms with Crippen LogP contribution in [0.25, 0.3) is 21.9 Å². The minimum atomic E-state index is -0.689. The van der Waals surface area contributed by atoms with Gasteiger partial charge in [0.1, 0.15) is 11.2 Å². The van der Waals surface area contributed by atoms with Gasteiger partial charge in [0.05, 0.1) is 23.4 Å². The fraction of sp³-hybridized carbons (Fsp3) is 0.269. The normalized spacial score (nSPS) is 19.7. The van der Waals surface area contributed by atoms with Crippen molar-refractivity contribution in [1.29, 1.82) is 0 Å². The number of halogens is 2. The monoisotopic (exact) mass is 540 g/mol. The maximum absolute atomic E-state index is 12.6. The molecule has 5 rings (SSSR count). The number of fused-ring (bicyclic) bond motifs is 3. The molecule has 1 atom stereocenters. The second-order valence-corrected chi connectivity index (χ2v) is 10.4. The molecule has 0 N–H and O–H groups in total. The summed E-state index contributed by atoms with van der Waals surface area (Å²) < 4.78 is 25.2. The van der Waals surface area contributed by atoms with E-state index in [0.29, 0.717) is 21.5 Å². The van der Waals surface area contributed by atoms with Crippen molar-refractivity contribution < 1.29 is 23.3 Å². The van der Waals surface area contributed by atoms with Crippen molar-refractivity contribution >= 4 is 68.0 Å². The number of carbonyl (C=O) groups is 1. The van der Waals surface area contributed by atoms with Crippen LogP contribution < -0.4 is 5.46 Å². The average molecular weight is 542 g/mol. The van der Waals surface area contributed by atoms with Crippen LogP contribution in [0.2, 0.25) is 5.02 Å². The lowest BCUT2D eigenvalue weighted by Gasteiger charge is -2.36. The van der Waals surface area contributed by atoms with Crippen molar-refractivity contribution in [2.45, 2.75) is 38.4 Å². The summed E-state index contributed by atoms with van der Waals surface area (Å²) in [4.78, 5) is 12.6. The highest BCUT2D eigenvalue weighted by Crippen LogP contribution is 2.40. The zero-order valence-corrected chi connectivity index (χ0v) is 21.4. The van der Waals surface area contributed by atoms with Crippen molar-refractivity contribution in [3.05, 3.63) is 75.7 Å². The van der Waals surface area contributed by atoms with Gasteiger partial charge in [-0.25, -0.2) is 4.79 Å². The summed E-state index contributed by atoms with van der Waals surface area (Å²) >= 11 is 9.40. The molecule has 1 unspecified atom stereocenters. The third-order valence-corrected chi connectivity index (χ3v) is 7.62. The van der Waals surface area contributed by atoms with Crippen LogP contribution in [-0.4, -0.2) is 30.9 Å². The van der Waals surface area contributed by atoms with Gasteiger partial charge in [0, 0.05) is 26.7 Å². The van der Waals surface area contributed by atoms with Gasteiger partial charge in [-0.05, 0) is 72.5 Å². The van der Waals surface area contributed by atoms with Crippen LogP contribution in [0.15, 0.2) is 69.6 Å². The summed E-state index contributed by atoms with van der Waals surface area (Å²) in [5.41, 5.74) is 1.60. The molecular weight excluding hydrogens is 518 g/mol. The van der Waals surface area contributed by atoms with Crippen molar-refractivity contribution in [3.63, 3.8) is 0 Å². The van der Waals surface area contributed by atoms with Crippen molar-refractivity contribution in [2.24, 2.45) is 0 Å². The van der Waals surface area contributed by atoms with Gasteiger partial charge in [0.25, 0.3) is 0 Å². The molecule has 4 aromatic rings. The molecule has 0 aliphatic carbocycles. The number of rotatable bonds is 5. The fourth-order valence-electron chi connectivity index (χ4n) is 4.35. The van der Waals surface area contributed by atoms with Crippen LogP contribution in [0.4, 0.5) is 0 Å². The van der Waals surface area contributed by atoms with E-state index in [-0.39, 0.29) is 6.61 Å². The summed E-state index contributed by atoms with van der Waals surface area (Å²) in [5, 5.41) is 2.48. The summed E-state index contributed by atoms with van der Waals surface area (Å²) in [7, 11) is -0.581. The topological polar surface area (TPSA) is 57.9 Å². The van der Waals surface area contributed by atoms with Crippen LogP contribution in [0, 0.1) is 0 Å². The zero-order valence-electron chi connectivity index (χ0n) is 19.1. The van der Waals surface area contributed by atoms with Gasteiger partial charge in [-0.15, -0.1) is 0 Å². The Hall–Kier alpha value is -2.32. The standard InChI is InChI=1S/C26H23BBrClO5/c1-25(2)26(3,13-14-31-24(30)18-15-16(29)11-12-20(18)28)34-27(33-25)19-8-6-10-22-23(19)17-7-4-5-9-21(17)32-22/h4-12,15H,13-14H2,1-3H3. The lowest BCUT2D eigenvalue weighted by molar-refractivity contribution is -0.0301. The largest absolute Gasteiger partial charge is 0.495 e. The van der Waals surface area contributed by atoms with E-state index in [1.165, 1.54) is 0 Å². The zero-order chi connectivity index (χ0) is 24.1. The minimum Gasteiger partial charge on any atom is -0.462 e. The second-order valence-electron chi connectivity index (χ2n) is 9.14. The molecule has 0 bridgehead atoms. The van der Waals surface area contributed by atoms with Crippen LogP contribution in [-0.2, 0) is 14.0 Å². The Morgan fingerprint density at radius 3 is 2.62 bits per heavy atom. The number of furan rings is 1. The van der Waals surface area contributed by atoms with Crippen LogP contribution in [0.5, 0.6) is 0 Å². The number of esters is 1. The second kappa shape index (κ2) is 8.72. The molecular formula is C26H23BBrClO5.